The van der Waals surface area contributed by atoms with Gasteiger partial charge in [-0.3, -0.25) is 0 Å². The molecule has 0 N–H and O–H groups in total. The van der Waals surface area contributed by atoms with Gasteiger partial charge in [0.15, 0.2) is 0 Å². The minimum Gasteiger partial charge on any atom is -0.494 e. The number of ether oxygens (including phenoxy) is 1. The van der Waals surface area contributed by atoms with Gasteiger partial charge in [0.05, 0.1) is 18.2 Å². The Morgan fingerprint density at radius 2 is 2.06 bits per heavy atom. The zero-order valence-corrected chi connectivity index (χ0v) is 10.9. The molecule has 0 heterocycles. The lowest BCUT2D eigenvalue weighted by Gasteiger charge is -2.16. The van der Waals surface area contributed by atoms with E-state index in [0.29, 0.717) is 5.56 Å². The molecule has 0 atom stereocenters. The van der Waals surface area contributed by atoms with E-state index >= 15 is 0 Å². The lowest BCUT2D eigenvalue weighted by atomic mass is 10.2. The van der Waals surface area contributed by atoms with Crippen molar-refractivity contribution >= 4 is 0 Å². The fourth-order valence-electron chi connectivity index (χ4n) is 1.98. The van der Waals surface area contributed by atoms with E-state index in [9.17, 15) is 0 Å². The molecule has 1 aliphatic rings. The van der Waals surface area contributed by atoms with Crippen molar-refractivity contribution in [2.24, 2.45) is 5.92 Å². The molecule has 3 heteroatoms. The van der Waals surface area contributed by atoms with Crippen molar-refractivity contribution in [3.8, 4) is 11.8 Å². The summed E-state index contributed by atoms with van der Waals surface area (Å²) in [5.41, 5.74) is 0.673. The largest absolute Gasteiger partial charge is 0.494 e. The molecule has 0 saturated heterocycles. The van der Waals surface area contributed by atoms with Crippen LogP contribution in [0.4, 0.5) is 0 Å². The van der Waals surface area contributed by atoms with Crippen LogP contribution in [0.5, 0.6) is 5.75 Å². The summed E-state index contributed by atoms with van der Waals surface area (Å²) in [5.74, 6) is 1.80. The van der Waals surface area contributed by atoms with E-state index in [1.165, 1.54) is 19.4 Å². The monoisotopic (exact) mass is 244 g/mol. The third kappa shape index (κ3) is 4.38. The number of nitriles is 1. The zero-order chi connectivity index (χ0) is 12.8. The highest BCUT2D eigenvalue weighted by Crippen LogP contribution is 2.29. The number of benzene rings is 1. The molecule has 0 unspecified atom stereocenters. The number of nitrogens with zero attached hydrogens (tertiary/aromatic N) is 2. The molecule has 0 aliphatic heterocycles. The molecule has 1 aromatic carbocycles. The third-order valence-corrected chi connectivity index (χ3v) is 3.20. The zero-order valence-electron chi connectivity index (χ0n) is 10.9. The maximum Gasteiger partial charge on any atom is 0.119 e. The van der Waals surface area contributed by atoms with Crippen LogP contribution in [0, 0.1) is 17.2 Å². The van der Waals surface area contributed by atoms with Gasteiger partial charge in [-0.05, 0) is 56.5 Å². The van der Waals surface area contributed by atoms with E-state index in [1.807, 2.05) is 12.1 Å². The van der Waals surface area contributed by atoms with Crippen LogP contribution in [0.2, 0.25) is 0 Å². The van der Waals surface area contributed by atoms with Gasteiger partial charge >= 0.3 is 0 Å². The standard InChI is InChI=1S/C15H20N2O/c1-17(12-14-3-4-14)9-2-10-18-15-7-5-13(11-16)6-8-15/h5-8,14H,2-4,9-10,12H2,1H3. The topological polar surface area (TPSA) is 36.3 Å². The second kappa shape index (κ2) is 6.42. The number of hydrogen-bond donors (Lipinski definition) is 0. The normalized spacial score (nSPS) is 14.5. The predicted octanol–water partition coefficient (Wildman–Crippen LogP) is 2.67. The highest BCUT2D eigenvalue weighted by Gasteiger charge is 2.22. The Morgan fingerprint density at radius 1 is 1.33 bits per heavy atom. The summed E-state index contributed by atoms with van der Waals surface area (Å²) in [6.45, 7) is 3.06. The fourth-order valence-corrected chi connectivity index (χ4v) is 1.98. The minimum absolute atomic E-state index is 0.673. The Morgan fingerprint density at radius 3 is 2.67 bits per heavy atom. The van der Waals surface area contributed by atoms with Gasteiger partial charge in [0, 0.05) is 13.1 Å². The Labute approximate surface area is 109 Å². The summed E-state index contributed by atoms with van der Waals surface area (Å²) in [6.07, 6.45) is 3.86. The van der Waals surface area contributed by atoms with E-state index in [4.69, 9.17) is 10.00 Å². The second-order valence-corrected chi connectivity index (χ2v) is 5.04. The van der Waals surface area contributed by atoms with E-state index < -0.39 is 0 Å². The molecule has 1 fully saturated rings. The summed E-state index contributed by atoms with van der Waals surface area (Å²) >= 11 is 0. The van der Waals surface area contributed by atoms with Crippen LogP contribution in [0.1, 0.15) is 24.8 Å². The quantitative estimate of drug-likeness (QED) is 0.692. The predicted molar refractivity (Wildman–Crippen MR) is 71.5 cm³/mol. The Kier molecular flexibility index (Phi) is 4.60. The van der Waals surface area contributed by atoms with Crippen molar-refractivity contribution in [1.29, 1.82) is 5.26 Å². The molecule has 0 aromatic heterocycles. The summed E-state index contributed by atoms with van der Waals surface area (Å²) in [4.78, 5) is 2.39. The van der Waals surface area contributed by atoms with Crippen molar-refractivity contribution in [1.82, 2.24) is 4.90 Å². The van der Waals surface area contributed by atoms with Crippen molar-refractivity contribution in [2.75, 3.05) is 26.7 Å². The van der Waals surface area contributed by atoms with Crippen LogP contribution < -0.4 is 4.74 Å². The molecule has 0 radical (unpaired) electrons. The number of hydrogen-bond acceptors (Lipinski definition) is 3. The molecule has 2 rings (SSSR count). The van der Waals surface area contributed by atoms with Gasteiger partial charge in [-0.25, -0.2) is 0 Å². The van der Waals surface area contributed by atoms with Gasteiger partial charge in [0.25, 0.3) is 0 Å². The SMILES string of the molecule is CN(CCCOc1ccc(C#N)cc1)CC1CC1. The van der Waals surface area contributed by atoms with Crippen molar-refractivity contribution in [3.63, 3.8) is 0 Å². The lowest BCUT2D eigenvalue weighted by Crippen LogP contribution is -2.23. The van der Waals surface area contributed by atoms with E-state index in [-0.39, 0.29) is 0 Å². The fraction of sp³-hybridized carbons (Fsp3) is 0.533. The van der Waals surface area contributed by atoms with Gasteiger partial charge in [0.2, 0.25) is 0 Å². The molecule has 0 bridgehead atoms. The maximum absolute atomic E-state index is 8.68. The summed E-state index contributed by atoms with van der Waals surface area (Å²) in [5, 5.41) is 8.68. The molecule has 3 nitrogen and oxygen atoms in total. The Bertz CT molecular complexity index is 403. The molecule has 18 heavy (non-hydrogen) atoms. The summed E-state index contributed by atoms with van der Waals surface area (Å²) < 4.78 is 5.64. The van der Waals surface area contributed by atoms with Gasteiger partial charge in [-0.1, -0.05) is 0 Å². The summed E-state index contributed by atoms with van der Waals surface area (Å²) in [6, 6.07) is 9.38. The maximum atomic E-state index is 8.68. The van der Waals surface area contributed by atoms with Crippen LogP contribution in [0.15, 0.2) is 24.3 Å². The molecule has 96 valence electrons. The first-order valence-electron chi connectivity index (χ1n) is 6.59. The van der Waals surface area contributed by atoms with E-state index in [2.05, 4.69) is 18.0 Å². The van der Waals surface area contributed by atoms with Crippen LogP contribution in [0.25, 0.3) is 0 Å². The molecule has 0 amide bonds. The van der Waals surface area contributed by atoms with Gasteiger partial charge < -0.3 is 9.64 Å². The molecule has 1 aliphatic carbocycles. The molecule has 0 spiro atoms. The van der Waals surface area contributed by atoms with E-state index in [0.717, 1.165) is 31.2 Å². The van der Waals surface area contributed by atoms with Crippen LogP contribution in [-0.4, -0.2) is 31.6 Å². The average Bonchev–Trinajstić information content (AvgIpc) is 3.19. The lowest BCUT2D eigenvalue weighted by molar-refractivity contribution is 0.257. The second-order valence-electron chi connectivity index (χ2n) is 5.04. The van der Waals surface area contributed by atoms with Gasteiger partial charge in [-0.15, -0.1) is 0 Å². The van der Waals surface area contributed by atoms with Crippen LogP contribution >= 0.6 is 0 Å². The third-order valence-electron chi connectivity index (χ3n) is 3.20. The Hall–Kier alpha value is -1.53. The smallest absolute Gasteiger partial charge is 0.119 e. The van der Waals surface area contributed by atoms with E-state index in [1.54, 1.807) is 12.1 Å². The first-order chi connectivity index (χ1) is 8.78. The van der Waals surface area contributed by atoms with Gasteiger partial charge in [-0.2, -0.15) is 5.26 Å². The molecule has 1 aromatic rings. The Balaban J connectivity index is 1.60. The van der Waals surface area contributed by atoms with Gasteiger partial charge in [0.1, 0.15) is 5.75 Å². The summed E-state index contributed by atoms with van der Waals surface area (Å²) in [7, 11) is 2.18. The highest BCUT2D eigenvalue weighted by molar-refractivity contribution is 5.34. The molecular formula is C15H20N2O. The van der Waals surface area contributed by atoms with Crippen molar-refractivity contribution < 1.29 is 4.74 Å². The molecular weight excluding hydrogens is 224 g/mol. The van der Waals surface area contributed by atoms with Crippen molar-refractivity contribution in [2.45, 2.75) is 19.3 Å². The van der Waals surface area contributed by atoms with Crippen LogP contribution in [-0.2, 0) is 0 Å². The first-order valence-corrected chi connectivity index (χ1v) is 6.59. The molecule has 1 saturated carbocycles. The highest BCUT2D eigenvalue weighted by atomic mass is 16.5. The van der Waals surface area contributed by atoms with Crippen LogP contribution in [0.3, 0.4) is 0 Å². The van der Waals surface area contributed by atoms with Crippen molar-refractivity contribution in [3.05, 3.63) is 29.8 Å². The number of rotatable bonds is 7. The average molecular weight is 244 g/mol. The first kappa shape index (κ1) is 12.9. The minimum atomic E-state index is 0.673.